The molecule has 0 radical (unpaired) electrons. The molecule has 0 amide bonds. The maximum atomic E-state index is 10.2. The Labute approximate surface area is 185 Å². The van der Waals surface area contributed by atoms with E-state index in [0.29, 0.717) is 11.1 Å². The molecular weight excluding hydrogens is 420 g/mol. The molecule has 174 valence electrons. The van der Waals surface area contributed by atoms with Crippen molar-refractivity contribution in [3.05, 3.63) is 35.4 Å². The van der Waals surface area contributed by atoms with E-state index < -0.39 is 67.3 Å². The highest BCUT2D eigenvalue weighted by Gasteiger charge is 2.43. The van der Waals surface area contributed by atoms with Gasteiger partial charge in [-0.15, -0.1) is 0 Å². The molecule has 1 saturated carbocycles. The van der Waals surface area contributed by atoms with Crippen LogP contribution < -0.4 is 0 Å². The minimum Gasteiger partial charge on any atom is -0.396 e. The van der Waals surface area contributed by atoms with Crippen molar-refractivity contribution in [3.63, 3.8) is 0 Å². The quantitative estimate of drug-likeness (QED) is 0.219. The van der Waals surface area contributed by atoms with Gasteiger partial charge in [-0.1, -0.05) is 29.7 Å². The van der Waals surface area contributed by atoms with Crippen LogP contribution in [0.3, 0.4) is 0 Å². The third-order valence-electron chi connectivity index (χ3n) is 5.90. The first-order valence-corrected chi connectivity index (χ1v) is 10.4. The summed E-state index contributed by atoms with van der Waals surface area (Å²) in [6.07, 6.45) is -10.2. The number of benzene rings is 1. The van der Waals surface area contributed by atoms with Crippen molar-refractivity contribution in [3.8, 4) is 23.7 Å². The standard InChI is InChI=1S/C23H28O9/c24-10-15-9-14(18(26)22(30)19(15)27)6-4-12-2-1-3-13(8-12)5-7-16-20(28)23(31)21(29)17(11-25)32-16/h1-3,8,14-31H,9-11H2/t14-,15+,16+,17+,18+,19+,20+,21+,22-,23+/m0/s1. The lowest BCUT2D eigenvalue weighted by atomic mass is 9.76. The predicted molar refractivity (Wildman–Crippen MR) is 111 cm³/mol. The number of rotatable bonds is 2. The van der Waals surface area contributed by atoms with E-state index in [1.54, 1.807) is 24.3 Å². The zero-order chi connectivity index (χ0) is 23.4. The van der Waals surface area contributed by atoms with Gasteiger partial charge in [-0.25, -0.2) is 0 Å². The van der Waals surface area contributed by atoms with Crippen LogP contribution in [0, 0.1) is 35.5 Å². The van der Waals surface area contributed by atoms with E-state index in [4.69, 9.17) is 4.74 Å². The molecule has 2 fully saturated rings. The molecule has 1 aromatic carbocycles. The monoisotopic (exact) mass is 448 g/mol. The van der Waals surface area contributed by atoms with Crippen molar-refractivity contribution in [2.75, 3.05) is 13.2 Å². The fraction of sp³-hybridized carbons (Fsp3) is 0.565. The van der Waals surface area contributed by atoms with Crippen LogP contribution in [0.2, 0.25) is 0 Å². The summed E-state index contributed by atoms with van der Waals surface area (Å²) in [4.78, 5) is 0. The third kappa shape index (κ3) is 5.30. The summed E-state index contributed by atoms with van der Waals surface area (Å²) < 4.78 is 5.36. The molecule has 9 nitrogen and oxygen atoms in total. The Kier molecular flexibility index (Phi) is 8.26. The van der Waals surface area contributed by atoms with Crippen molar-refractivity contribution < 1.29 is 45.6 Å². The van der Waals surface area contributed by atoms with Gasteiger partial charge in [0.2, 0.25) is 0 Å². The van der Waals surface area contributed by atoms with Crippen molar-refractivity contribution in [2.45, 2.75) is 55.3 Å². The number of hydrogen-bond acceptors (Lipinski definition) is 9. The second kappa shape index (κ2) is 10.7. The Morgan fingerprint density at radius 2 is 1.38 bits per heavy atom. The molecule has 1 heterocycles. The minimum absolute atomic E-state index is 0.236. The van der Waals surface area contributed by atoms with Gasteiger partial charge in [-0.2, -0.15) is 0 Å². The fourth-order valence-corrected chi connectivity index (χ4v) is 3.88. The lowest BCUT2D eigenvalue weighted by Gasteiger charge is -2.37. The van der Waals surface area contributed by atoms with Gasteiger partial charge < -0.3 is 45.6 Å². The van der Waals surface area contributed by atoms with Crippen LogP contribution in [-0.2, 0) is 4.74 Å². The first-order chi connectivity index (χ1) is 15.3. The lowest BCUT2D eigenvalue weighted by Crippen LogP contribution is -2.58. The predicted octanol–water partition coefficient (Wildman–Crippen LogP) is -3.06. The Morgan fingerprint density at radius 3 is 2.00 bits per heavy atom. The SMILES string of the molecule is OC[C@H]1C[C@H](C#Cc2cccc(C#C[C@H]3O[C@H](CO)[C@@H](O)[C@H](O)[C@@H]3O)c2)[C@@H](O)[C@H](O)[C@@H]1O. The van der Waals surface area contributed by atoms with E-state index in [9.17, 15) is 40.9 Å². The molecule has 1 aliphatic carbocycles. The minimum atomic E-state index is -1.50. The summed E-state index contributed by atoms with van der Waals surface area (Å²) in [6, 6.07) is 6.78. The highest BCUT2D eigenvalue weighted by Crippen LogP contribution is 2.29. The number of aliphatic hydroxyl groups is 8. The van der Waals surface area contributed by atoms with E-state index in [0.717, 1.165) is 0 Å². The molecule has 8 N–H and O–H groups in total. The average Bonchev–Trinajstić information content (AvgIpc) is 2.80. The zero-order valence-corrected chi connectivity index (χ0v) is 17.2. The smallest absolute Gasteiger partial charge is 0.147 e. The fourth-order valence-electron chi connectivity index (χ4n) is 3.88. The number of ether oxygens (including phenoxy) is 1. The highest BCUT2D eigenvalue weighted by molar-refractivity contribution is 5.44. The second-order valence-corrected chi connectivity index (χ2v) is 8.13. The molecular formula is C23H28O9. The molecule has 32 heavy (non-hydrogen) atoms. The Bertz CT molecular complexity index is 825. The van der Waals surface area contributed by atoms with Gasteiger partial charge in [0, 0.05) is 29.6 Å². The van der Waals surface area contributed by atoms with Gasteiger partial charge in [-0.3, -0.25) is 0 Å². The van der Waals surface area contributed by atoms with Crippen molar-refractivity contribution >= 4 is 0 Å². The summed E-state index contributed by atoms with van der Waals surface area (Å²) in [5.41, 5.74) is 1.10. The molecule has 1 saturated heterocycles. The van der Waals surface area contributed by atoms with Gasteiger partial charge in [-0.05, 0) is 24.6 Å². The maximum absolute atomic E-state index is 10.2. The normalized spacial score (nSPS) is 39.4. The van der Waals surface area contributed by atoms with Crippen molar-refractivity contribution in [1.29, 1.82) is 0 Å². The zero-order valence-electron chi connectivity index (χ0n) is 17.2. The van der Waals surface area contributed by atoms with Gasteiger partial charge >= 0.3 is 0 Å². The third-order valence-corrected chi connectivity index (χ3v) is 5.90. The second-order valence-electron chi connectivity index (χ2n) is 8.13. The van der Waals surface area contributed by atoms with Crippen LogP contribution in [0.4, 0.5) is 0 Å². The number of aliphatic hydroxyl groups excluding tert-OH is 8. The molecule has 9 heteroatoms. The van der Waals surface area contributed by atoms with E-state index in [-0.39, 0.29) is 13.0 Å². The van der Waals surface area contributed by atoms with Crippen molar-refractivity contribution in [2.24, 2.45) is 11.8 Å². The maximum Gasteiger partial charge on any atom is 0.147 e. The van der Waals surface area contributed by atoms with E-state index >= 15 is 0 Å². The van der Waals surface area contributed by atoms with E-state index in [1.165, 1.54) is 0 Å². The molecule has 0 aromatic heterocycles. The van der Waals surface area contributed by atoms with Crippen LogP contribution in [0.25, 0.3) is 0 Å². The Balaban J connectivity index is 1.74. The van der Waals surface area contributed by atoms with E-state index in [2.05, 4.69) is 23.7 Å². The molecule has 0 bridgehead atoms. The lowest BCUT2D eigenvalue weighted by molar-refractivity contribution is -0.214. The molecule has 2 aliphatic rings. The molecule has 1 aromatic rings. The van der Waals surface area contributed by atoms with Gasteiger partial charge in [0.1, 0.15) is 36.6 Å². The van der Waals surface area contributed by atoms with Crippen LogP contribution in [0.1, 0.15) is 17.5 Å². The largest absolute Gasteiger partial charge is 0.396 e. The first-order valence-electron chi connectivity index (χ1n) is 10.4. The Hall–Kier alpha value is -2.02. The van der Waals surface area contributed by atoms with Gasteiger partial charge in [0.05, 0.1) is 18.8 Å². The molecule has 3 rings (SSSR count). The topological polar surface area (TPSA) is 171 Å². The number of hydrogen-bond donors (Lipinski definition) is 8. The van der Waals surface area contributed by atoms with Crippen LogP contribution in [0.5, 0.6) is 0 Å². The highest BCUT2D eigenvalue weighted by atomic mass is 16.5. The Morgan fingerprint density at radius 1 is 0.750 bits per heavy atom. The van der Waals surface area contributed by atoms with Crippen molar-refractivity contribution in [1.82, 2.24) is 0 Å². The summed E-state index contributed by atoms with van der Waals surface area (Å²) in [7, 11) is 0. The summed E-state index contributed by atoms with van der Waals surface area (Å²) in [5.74, 6) is 10.1. The van der Waals surface area contributed by atoms with Crippen LogP contribution in [-0.4, -0.2) is 103 Å². The molecule has 0 unspecified atom stereocenters. The molecule has 1 aliphatic heterocycles. The van der Waals surface area contributed by atoms with Gasteiger partial charge in [0.15, 0.2) is 0 Å². The summed E-state index contributed by atoms with van der Waals surface area (Å²) in [6.45, 7) is -0.865. The van der Waals surface area contributed by atoms with Crippen LogP contribution >= 0.6 is 0 Å². The first kappa shape index (κ1) is 24.6. The summed E-state index contributed by atoms with van der Waals surface area (Å²) in [5, 5.41) is 78.4. The molecule has 0 spiro atoms. The van der Waals surface area contributed by atoms with E-state index in [1.807, 2.05) is 0 Å². The summed E-state index contributed by atoms with van der Waals surface area (Å²) >= 11 is 0. The average molecular weight is 448 g/mol. The van der Waals surface area contributed by atoms with Crippen LogP contribution in [0.15, 0.2) is 24.3 Å². The van der Waals surface area contributed by atoms with Gasteiger partial charge in [0.25, 0.3) is 0 Å². The molecule has 10 atom stereocenters.